The molecule has 0 N–H and O–H groups in total. The summed E-state index contributed by atoms with van der Waals surface area (Å²) in [6, 6.07) is 0.772. The van der Waals surface area contributed by atoms with Crippen LogP contribution < -0.4 is 0 Å². The van der Waals surface area contributed by atoms with Gasteiger partial charge in [-0.25, -0.2) is 0 Å². The molecule has 2 nitrogen and oxygen atoms in total. The van der Waals surface area contributed by atoms with Crippen LogP contribution in [-0.2, 0) is 0 Å². The normalized spacial score (nSPS) is 21.6. The Kier molecular flexibility index (Phi) is 6.37. The Balaban J connectivity index is 2.20. The lowest BCUT2D eigenvalue weighted by atomic mass is 10.0. The average molecular weight is 226 g/mol. The average Bonchev–Trinajstić information content (AvgIpc) is 2.26. The Bertz CT molecular complexity index is 172. The zero-order chi connectivity index (χ0) is 12.0. The number of piperazine rings is 1. The van der Waals surface area contributed by atoms with Crippen LogP contribution in [0, 0.1) is 5.92 Å². The van der Waals surface area contributed by atoms with E-state index < -0.39 is 0 Å². The summed E-state index contributed by atoms with van der Waals surface area (Å²) in [6.07, 6.45) is 4.03. The Labute approximate surface area is 102 Å². The first kappa shape index (κ1) is 14.0. The smallest absolute Gasteiger partial charge is 0.0113 e. The third-order valence-electron chi connectivity index (χ3n) is 3.67. The summed E-state index contributed by atoms with van der Waals surface area (Å²) in [5.74, 6) is 0.827. The van der Waals surface area contributed by atoms with E-state index in [1.807, 2.05) is 0 Å². The van der Waals surface area contributed by atoms with E-state index in [0.29, 0.717) is 0 Å². The van der Waals surface area contributed by atoms with Crippen molar-refractivity contribution in [3.05, 3.63) is 0 Å². The van der Waals surface area contributed by atoms with Crippen LogP contribution in [0.1, 0.15) is 47.0 Å². The van der Waals surface area contributed by atoms with Crippen molar-refractivity contribution in [3.8, 4) is 0 Å². The van der Waals surface area contributed by atoms with Crippen molar-refractivity contribution >= 4 is 0 Å². The van der Waals surface area contributed by atoms with Gasteiger partial charge in [-0.15, -0.1) is 0 Å². The Hall–Kier alpha value is -0.0800. The van der Waals surface area contributed by atoms with Crippen molar-refractivity contribution in [2.24, 2.45) is 5.92 Å². The molecule has 96 valence electrons. The van der Waals surface area contributed by atoms with Crippen LogP contribution in [0.25, 0.3) is 0 Å². The monoisotopic (exact) mass is 226 g/mol. The zero-order valence-corrected chi connectivity index (χ0v) is 11.7. The summed E-state index contributed by atoms with van der Waals surface area (Å²) in [5, 5.41) is 0. The number of hydrogen-bond donors (Lipinski definition) is 0. The molecule has 0 aliphatic carbocycles. The molecule has 2 heteroatoms. The standard InChI is InChI=1S/C14H30N2/c1-5-6-7-15-8-10-16(11-9-15)14(4)12-13(2)3/h13-14H,5-12H2,1-4H3. The lowest BCUT2D eigenvalue weighted by Crippen LogP contribution is -2.49. The summed E-state index contributed by atoms with van der Waals surface area (Å²) in [6.45, 7) is 15.7. The molecule has 1 atom stereocenters. The van der Waals surface area contributed by atoms with Crippen molar-refractivity contribution in [2.75, 3.05) is 32.7 Å². The third kappa shape index (κ3) is 4.84. The van der Waals surface area contributed by atoms with E-state index in [1.54, 1.807) is 0 Å². The van der Waals surface area contributed by atoms with E-state index in [2.05, 4.69) is 37.5 Å². The molecule has 1 heterocycles. The summed E-state index contributed by atoms with van der Waals surface area (Å²) in [7, 11) is 0. The van der Waals surface area contributed by atoms with Crippen molar-refractivity contribution in [3.63, 3.8) is 0 Å². The molecule has 1 rings (SSSR count). The summed E-state index contributed by atoms with van der Waals surface area (Å²) in [5.41, 5.74) is 0. The van der Waals surface area contributed by atoms with Gasteiger partial charge in [0.2, 0.25) is 0 Å². The molecular formula is C14H30N2. The summed E-state index contributed by atoms with van der Waals surface area (Å²) in [4.78, 5) is 5.30. The molecule has 1 saturated heterocycles. The Morgan fingerprint density at radius 1 is 1.00 bits per heavy atom. The molecule has 0 saturated carbocycles. The molecule has 0 spiro atoms. The second-order valence-corrected chi connectivity index (χ2v) is 5.71. The van der Waals surface area contributed by atoms with Crippen molar-refractivity contribution < 1.29 is 0 Å². The second-order valence-electron chi connectivity index (χ2n) is 5.71. The molecule has 1 fully saturated rings. The first-order chi connectivity index (χ1) is 7.63. The fourth-order valence-electron chi connectivity index (χ4n) is 2.64. The van der Waals surface area contributed by atoms with Crippen LogP contribution in [0.5, 0.6) is 0 Å². The fourth-order valence-corrected chi connectivity index (χ4v) is 2.64. The molecule has 16 heavy (non-hydrogen) atoms. The topological polar surface area (TPSA) is 6.48 Å². The Morgan fingerprint density at radius 2 is 1.62 bits per heavy atom. The molecule has 0 bridgehead atoms. The van der Waals surface area contributed by atoms with E-state index in [9.17, 15) is 0 Å². The summed E-state index contributed by atoms with van der Waals surface area (Å²) >= 11 is 0. The maximum atomic E-state index is 2.67. The van der Waals surface area contributed by atoms with E-state index in [0.717, 1.165) is 12.0 Å². The lowest BCUT2D eigenvalue weighted by Gasteiger charge is -2.38. The molecular weight excluding hydrogens is 196 g/mol. The van der Waals surface area contributed by atoms with Gasteiger partial charge in [-0.05, 0) is 32.2 Å². The maximum Gasteiger partial charge on any atom is 0.0113 e. The van der Waals surface area contributed by atoms with E-state index >= 15 is 0 Å². The van der Waals surface area contributed by atoms with Gasteiger partial charge in [0.25, 0.3) is 0 Å². The van der Waals surface area contributed by atoms with Gasteiger partial charge in [0.15, 0.2) is 0 Å². The number of nitrogens with zero attached hydrogens (tertiary/aromatic N) is 2. The first-order valence-corrected chi connectivity index (χ1v) is 7.09. The van der Waals surface area contributed by atoms with Gasteiger partial charge in [0, 0.05) is 32.2 Å². The number of hydrogen-bond acceptors (Lipinski definition) is 2. The fraction of sp³-hybridized carbons (Fsp3) is 1.00. The zero-order valence-electron chi connectivity index (χ0n) is 11.7. The molecule has 0 radical (unpaired) electrons. The first-order valence-electron chi connectivity index (χ1n) is 7.09. The van der Waals surface area contributed by atoms with Gasteiger partial charge in [-0.3, -0.25) is 4.90 Å². The highest BCUT2D eigenvalue weighted by Gasteiger charge is 2.20. The maximum absolute atomic E-state index is 2.67. The largest absolute Gasteiger partial charge is 0.301 e. The van der Waals surface area contributed by atoms with Crippen LogP contribution in [0.15, 0.2) is 0 Å². The van der Waals surface area contributed by atoms with E-state index in [4.69, 9.17) is 0 Å². The quantitative estimate of drug-likeness (QED) is 0.687. The number of unbranched alkanes of at least 4 members (excludes halogenated alkanes) is 1. The van der Waals surface area contributed by atoms with Crippen molar-refractivity contribution in [2.45, 2.75) is 53.0 Å². The highest BCUT2D eigenvalue weighted by Crippen LogP contribution is 2.13. The highest BCUT2D eigenvalue weighted by atomic mass is 15.3. The predicted octanol–water partition coefficient (Wildman–Crippen LogP) is 2.84. The molecule has 1 aliphatic heterocycles. The highest BCUT2D eigenvalue weighted by molar-refractivity contribution is 4.76. The van der Waals surface area contributed by atoms with Crippen LogP contribution in [0.4, 0.5) is 0 Å². The van der Waals surface area contributed by atoms with Crippen molar-refractivity contribution in [1.29, 1.82) is 0 Å². The minimum Gasteiger partial charge on any atom is -0.301 e. The van der Waals surface area contributed by atoms with E-state index in [-0.39, 0.29) is 0 Å². The lowest BCUT2D eigenvalue weighted by molar-refractivity contribution is 0.0929. The molecule has 1 unspecified atom stereocenters. The second kappa shape index (κ2) is 7.29. The third-order valence-corrected chi connectivity index (χ3v) is 3.67. The van der Waals surface area contributed by atoms with Gasteiger partial charge in [0.05, 0.1) is 0 Å². The SMILES string of the molecule is CCCCN1CCN(C(C)CC(C)C)CC1. The number of rotatable bonds is 6. The molecule has 1 aliphatic rings. The van der Waals surface area contributed by atoms with Gasteiger partial charge in [-0.1, -0.05) is 27.2 Å². The molecule has 0 aromatic heterocycles. The summed E-state index contributed by atoms with van der Waals surface area (Å²) < 4.78 is 0. The van der Waals surface area contributed by atoms with Crippen LogP contribution in [-0.4, -0.2) is 48.6 Å². The Morgan fingerprint density at radius 3 is 2.12 bits per heavy atom. The molecule has 0 aromatic carbocycles. The molecule has 0 aromatic rings. The van der Waals surface area contributed by atoms with Crippen LogP contribution in [0.2, 0.25) is 0 Å². The van der Waals surface area contributed by atoms with Gasteiger partial charge in [0.1, 0.15) is 0 Å². The van der Waals surface area contributed by atoms with Gasteiger partial charge >= 0.3 is 0 Å². The van der Waals surface area contributed by atoms with Gasteiger partial charge < -0.3 is 4.90 Å². The predicted molar refractivity (Wildman–Crippen MR) is 71.8 cm³/mol. The minimum atomic E-state index is 0.772. The molecule has 0 amide bonds. The van der Waals surface area contributed by atoms with Crippen LogP contribution >= 0.6 is 0 Å². The van der Waals surface area contributed by atoms with Crippen molar-refractivity contribution in [1.82, 2.24) is 9.80 Å². The van der Waals surface area contributed by atoms with Gasteiger partial charge in [-0.2, -0.15) is 0 Å². The van der Waals surface area contributed by atoms with Crippen LogP contribution in [0.3, 0.4) is 0 Å². The van der Waals surface area contributed by atoms with E-state index in [1.165, 1.54) is 52.0 Å². The minimum absolute atomic E-state index is 0.772.